The number of amides is 1. The van der Waals surface area contributed by atoms with Crippen LogP contribution in [0.4, 0.5) is 11.4 Å². The summed E-state index contributed by atoms with van der Waals surface area (Å²) < 4.78 is 22.1. The Hall–Kier alpha value is -4.93. The predicted molar refractivity (Wildman–Crippen MR) is 167 cm³/mol. The summed E-state index contributed by atoms with van der Waals surface area (Å²) in [5.74, 6) is 0.297. The third kappa shape index (κ3) is 6.36. The monoisotopic (exact) mass is 599 g/mol. The van der Waals surface area contributed by atoms with Crippen molar-refractivity contribution in [2.75, 3.05) is 33.3 Å². The minimum Gasteiger partial charge on any atom is -0.493 e. The fourth-order valence-electron chi connectivity index (χ4n) is 5.52. The molecule has 11 heteroatoms. The van der Waals surface area contributed by atoms with E-state index in [-0.39, 0.29) is 17.5 Å². The minimum absolute atomic E-state index is 0.165. The molecule has 0 aliphatic heterocycles. The predicted octanol–water partition coefficient (Wildman–Crippen LogP) is 6.03. The lowest BCUT2D eigenvalue weighted by atomic mass is 9.95. The van der Waals surface area contributed by atoms with Crippen LogP contribution >= 0.6 is 0 Å². The van der Waals surface area contributed by atoms with E-state index in [0.29, 0.717) is 63.1 Å². The molecule has 4 aromatic rings. The molecular formula is C33H37N5O6. The fourth-order valence-corrected chi connectivity index (χ4v) is 5.52. The highest BCUT2D eigenvalue weighted by molar-refractivity contribution is 6.09. The first-order valence-electron chi connectivity index (χ1n) is 14.6. The Labute approximate surface area is 256 Å². The van der Waals surface area contributed by atoms with Gasteiger partial charge < -0.3 is 30.0 Å². The van der Waals surface area contributed by atoms with Crippen LogP contribution in [0, 0.1) is 5.92 Å². The topological polar surface area (TPSA) is 148 Å². The van der Waals surface area contributed by atoms with Crippen molar-refractivity contribution in [2.45, 2.75) is 45.4 Å². The zero-order chi connectivity index (χ0) is 31.4. The maximum Gasteiger partial charge on any atom is 0.337 e. The smallest absolute Gasteiger partial charge is 0.337 e. The molecule has 0 bridgehead atoms. The van der Waals surface area contributed by atoms with E-state index >= 15 is 0 Å². The first-order chi connectivity index (χ1) is 21.2. The van der Waals surface area contributed by atoms with Gasteiger partial charge in [0.25, 0.3) is 5.91 Å². The lowest BCUT2D eigenvalue weighted by Gasteiger charge is -2.19. The Morgan fingerprint density at radius 1 is 0.977 bits per heavy atom. The Kier molecular flexibility index (Phi) is 9.12. The van der Waals surface area contributed by atoms with E-state index in [9.17, 15) is 9.59 Å². The van der Waals surface area contributed by atoms with Crippen molar-refractivity contribution in [3.8, 4) is 28.8 Å². The van der Waals surface area contributed by atoms with Crippen molar-refractivity contribution >= 4 is 34.2 Å². The van der Waals surface area contributed by atoms with Crippen molar-refractivity contribution in [1.82, 2.24) is 15.0 Å². The van der Waals surface area contributed by atoms with Gasteiger partial charge >= 0.3 is 12.0 Å². The number of primary amides is 1. The molecule has 5 rings (SSSR count). The van der Waals surface area contributed by atoms with Crippen molar-refractivity contribution in [3.63, 3.8) is 0 Å². The van der Waals surface area contributed by atoms with Crippen LogP contribution in [0.3, 0.4) is 0 Å². The Balaban J connectivity index is 1.70. The van der Waals surface area contributed by atoms with Crippen LogP contribution in [0.5, 0.6) is 17.6 Å². The summed E-state index contributed by atoms with van der Waals surface area (Å²) in [5, 5.41) is 4.00. The minimum atomic E-state index is -0.652. The molecule has 1 amide bonds. The molecule has 1 fully saturated rings. The molecular weight excluding hydrogens is 562 g/mol. The van der Waals surface area contributed by atoms with Gasteiger partial charge in [-0.05, 0) is 60.6 Å². The van der Waals surface area contributed by atoms with Crippen LogP contribution in [-0.4, -0.2) is 54.8 Å². The zero-order valence-corrected chi connectivity index (χ0v) is 25.6. The number of anilines is 2. The number of carbonyl (C=O) groups is 2. The number of hydrogen-bond donors (Lipinski definition) is 2. The molecule has 3 N–H and O–H groups in total. The standard InChI is InChI=1S/C33H37N5O6/c1-18(2)17-44-28-14-24-27(13-23(28)25-15-36-33(43-5)38-31(25)41-3)35-16-26(30(34)39)29(24)37-22-11-20(19-8-6-7-9-19)10-21(12-22)32(40)42-4/h10-16,18-19H,6-9,17H2,1-5H3,(H2,34,39)(H,35,37). The van der Waals surface area contributed by atoms with Crippen molar-refractivity contribution in [1.29, 1.82) is 0 Å². The molecule has 1 aliphatic rings. The van der Waals surface area contributed by atoms with Gasteiger partial charge in [-0.25, -0.2) is 9.78 Å². The molecule has 44 heavy (non-hydrogen) atoms. The summed E-state index contributed by atoms with van der Waals surface area (Å²) in [5.41, 5.74) is 10.4. The fraction of sp³-hybridized carbons (Fsp3) is 0.364. The van der Waals surface area contributed by atoms with Gasteiger partial charge in [0.15, 0.2) is 0 Å². The van der Waals surface area contributed by atoms with E-state index in [1.54, 1.807) is 12.3 Å². The number of rotatable bonds is 11. The van der Waals surface area contributed by atoms with Crippen LogP contribution in [0.1, 0.15) is 71.7 Å². The summed E-state index contributed by atoms with van der Waals surface area (Å²) >= 11 is 0. The number of esters is 1. The molecule has 0 spiro atoms. The van der Waals surface area contributed by atoms with Crippen LogP contribution in [0.15, 0.2) is 42.7 Å². The maximum absolute atomic E-state index is 12.7. The second-order valence-corrected chi connectivity index (χ2v) is 11.2. The number of nitrogens with two attached hydrogens (primary N) is 1. The molecule has 0 saturated heterocycles. The van der Waals surface area contributed by atoms with Crippen molar-refractivity contribution in [3.05, 3.63) is 59.4 Å². The van der Waals surface area contributed by atoms with Gasteiger partial charge in [-0.15, -0.1) is 0 Å². The van der Waals surface area contributed by atoms with Gasteiger partial charge in [-0.2, -0.15) is 4.98 Å². The summed E-state index contributed by atoms with van der Waals surface area (Å²) in [6.07, 6.45) is 7.42. The number of nitrogens with zero attached hydrogens (tertiary/aromatic N) is 3. The SMILES string of the molecule is COC(=O)c1cc(Nc2c(C(N)=O)cnc3cc(-c4cnc(OC)nc4OC)c(OCC(C)C)cc23)cc(C2CCCC2)c1. The van der Waals surface area contributed by atoms with E-state index < -0.39 is 11.9 Å². The number of hydrogen-bond acceptors (Lipinski definition) is 10. The quantitative estimate of drug-likeness (QED) is 0.196. The molecule has 0 atom stereocenters. The highest BCUT2D eigenvalue weighted by atomic mass is 16.5. The summed E-state index contributed by atoms with van der Waals surface area (Å²) in [7, 11) is 4.36. The Morgan fingerprint density at radius 2 is 1.75 bits per heavy atom. The number of nitrogens with one attached hydrogen (secondary N) is 1. The molecule has 1 saturated carbocycles. The number of carbonyl (C=O) groups excluding carboxylic acids is 2. The van der Waals surface area contributed by atoms with Crippen molar-refractivity contribution in [2.24, 2.45) is 11.7 Å². The number of pyridine rings is 1. The van der Waals surface area contributed by atoms with Gasteiger partial charge in [0, 0.05) is 29.0 Å². The molecule has 0 radical (unpaired) electrons. The number of methoxy groups -OCH3 is 3. The largest absolute Gasteiger partial charge is 0.493 e. The van der Waals surface area contributed by atoms with E-state index in [2.05, 4.69) is 20.3 Å². The summed E-state index contributed by atoms with van der Waals surface area (Å²) in [6.45, 7) is 4.52. The lowest BCUT2D eigenvalue weighted by Crippen LogP contribution is -2.15. The third-order valence-electron chi connectivity index (χ3n) is 7.68. The Bertz CT molecular complexity index is 1700. The molecule has 2 aromatic carbocycles. The van der Waals surface area contributed by atoms with Gasteiger partial charge in [0.05, 0.1) is 55.8 Å². The second kappa shape index (κ2) is 13.2. The molecule has 11 nitrogen and oxygen atoms in total. The number of fused-ring (bicyclic) bond motifs is 1. The molecule has 1 aliphatic carbocycles. The van der Waals surface area contributed by atoms with E-state index in [1.807, 2.05) is 38.1 Å². The first-order valence-corrected chi connectivity index (χ1v) is 14.6. The van der Waals surface area contributed by atoms with Crippen molar-refractivity contribution < 1.29 is 28.5 Å². The lowest BCUT2D eigenvalue weighted by molar-refractivity contribution is 0.0600. The van der Waals surface area contributed by atoms with E-state index in [1.165, 1.54) is 27.5 Å². The van der Waals surface area contributed by atoms with Crippen LogP contribution in [0.25, 0.3) is 22.0 Å². The number of benzene rings is 2. The molecule has 230 valence electrons. The maximum atomic E-state index is 12.7. The highest BCUT2D eigenvalue weighted by Gasteiger charge is 2.23. The van der Waals surface area contributed by atoms with Gasteiger partial charge in [-0.3, -0.25) is 9.78 Å². The van der Waals surface area contributed by atoms with E-state index in [4.69, 9.17) is 24.7 Å². The van der Waals surface area contributed by atoms with Crippen LogP contribution in [-0.2, 0) is 4.74 Å². The molecule has 2 aromatic heterocycles. The van der Waals surface area contributed by atoms with Crippen LogP contribution < -0.4 is 25.3 Å². The normalized spacial score (nSPS) is 13.2. The zero-order valence-electron chi connectivity index (χ0n) is 25.6. The second-order valence-electron chi connectivity index (χ2n) is 11.2. The third-order valence-corrected chi connectivity index (χ3v) is 7.68. The van der Waals surface area contributed by atoms with Gasteiger partial charge in [-0.1, -0.05) is 26.7 Å². The van der Waals surface area contributed by atoms with Gasteiger partial charge in [0.1, 0.15) is 5.75 Å². The highest BCUT2D eigenvalue weighted by Crippen LogP contribution is 2.42. The van der Waals surface area contributed by atoms with E-state index in [0.717, 1.165) is 31.2 Å². The number of ether oxygens (including phenoxy) is 4. The summed E-state index contributed by atoms with van der Waals surface area (Å²) in [4.78, 5) is 38.5. The number of aromatic nitrogens is 3. The van der Waals surface area contributed by atoms with Crippen LogP contribution in [0.2, 0.25) is 0 Å². The average molecular weight is 600 g/mol. The Morgan fingerprint density at radius 3 is 2.41 bits per heavy atom. The first kappa shape index (κ1) is 30.5. The van der Waals surface area contributed by atoms with Gasteiger partial charge in [0.2, 0.25) is 5.88 Å². The molecule has 0 unspecified atom stereocenters. The molecule has 2 heterocycles. The average Bonchev–Trinajstić information content (AvgIpc) is 3.58. The summed E-state index contributed by atoms with van der Waals surface area (Å²) in [6, 6.07) is 9.44.